The highest BCUT2D eigenvalue weighted by Gasteiger charge is 2.03. The van der Waals surface area contributed by atoms with Crippen LogP contribution >= 0.6 is 11.3 Å². The molecule has 2 rings (SSSR count). The lowest BCUT2D eigenvalue weighted by molar-refractivity contribution is 0.910. The molecule has 2 aromatic rings. The predicted octanol–water partition coefficient (Wildman–Crippen LogP) is 2.65. The number of hydrogen-bond donors (Lipinski definition) is 0. The topological polar surface area (TPSA) is 39.9 Å². The van der Waals surface area contributed by atoms with Crippen LogP contribution < -0.4 is 4.90 Å². The Kier molecular flexibility index (Phi) is 3.18. The summed E-state index contributed by atoms with van der Waals surface area (Å²) in [7, 11) is 2.02. The molecule has 0 amide bonds. The number of hydrogen-bond acceptors (Lipinski definition) is 4. The minimum atomic E-state index is 0.686. The third-order valence-electron chi connectivity index (χ3n) is 2.29. The molecule has 0 unspecified atom stereocenters. The van der Waals surface area contributed by atoms with Crippen LogP contribution in [-0.4, -0.2) is 12.0 Å². The van der Waals surface area contributed by atoms with Crippen LogP contribution in [0.1, 0.15) is 10.6 Å². The van der Waals surface area contributed by atoms with Gasteiger partial charge in [-0.15, -0.1) is 11.3 Å². The van der Waals surface area contributed by atoms with E-state index in [4.69, 9.17) is 5.26 Å². The Bertz CT molecular complexity index is 482. The quantitative estimate of drug-likeness (QED) is 0.812. The summed E-state index contributed by atoms with van der Waals surface area (Å²) in [4.78, 5) is 6.35. The van der Waals surface area contributed by atoms with E-state index in [1.807, 2.05) is 42.9 Å². The number of thiazole rings is 1. The summed E-state index contributed by atoms with van der Waals surface area (Å²) in [5.41, 5.74) is 1.78. The molecule has 16 heavy (non-hydrogen) atoms. The zero-order valence-electron chi connectivity index (χ0n) is 8.92. The Morgan fingerprint density at radius 2 is 2.12 bits per heavy atom. The smallest absolute Gasteiger partial charge is 0.112 e. The summed E-state index contributed by atoms with van der Waals surface area (Å²) < 4.78 is 0. The van der Waals surface area contributed by atoms with Crippen LogP contribution in [0.2, 0.25) is 0 Å². The molecular formula is C12H11N3S. The van der Waals surface area contributed by atoms with Crippen molar-refractivity contribution in [2.45, 2.75) is 6.54 Å². The molecule has 0 aliphatic heterocycles. The average molecular weight is 229 g/mol. The standard InChI is InChI=1S/C12H11N3S/c1-15(9-12-14-6-7-16-12)11-4-2-10(8-13)3-5-11/h2-7H,9H2,1H3. The fourth-order valence-corrected chi connectivity index (χ4v) is 2.08. The van der Waals surface area contributed by atoms with E-state index in [1.54, 1.807) is 11.3 Å². The Morgan fingerprint density at radius 1 is 1.38 bits per heavy atom. The fraction of sp³-hybridized carbons (Fsp3) is 0.167. The van der Waals surface area contributed by atoms with Gasteiger partial charge in [-0.2, -0.15) is 5.26 Å². The van der Waals surface area contributed by atoms with E-state index < -0.39 is 0 Å². The van der Waals surface area contributed by atoms with Crippen molar-refractivity contribution in [2.24, 2.45) is 0 Å². The molecule has 0 atom stereocenters. The van der Waals surface area contributed by atoms with Crippen molar-refractivity contribution < 1.29 is 0 Å². The first-order chi connectivity index (χ1) is 7.79. The normalized spacial score (nSPS) is 9.75. The molecule has 0 radical (unpaired) electrons. The maximum Gasteiger partial charge on any atom is 0.112 e. The second-order valence-electron chi connectivity index (χ2n) is 3.44. The van der Waals surface area contributed by atoms with Crippen LogP contribution in [0.15, 0.2) is 35.8 Å². The largest absolute Gasteiger partial charge is 0.368 e. The van der Waals surface area contributed by atoms with Gasteiger partial charge in [-0.05, 0) is 24.3 Å². The van der Waals surface area contributed by atoms with E-state index in [0.717, 1.165) is 17.2 Å². The van der Waals surface area contributed by atoms with Gasteiger partial charge in [0.25, 0.3) is 0 Å². The average Bonchev–Trinajstić information content (AvgIpc) is 2.82. The zero-order valence-corrected chi connectivity index (χ0v) is 9.74. The Hall–Kier alpha value is -1.86. The lowest BCUT2D eigenvalue weighted by atomic mass is 10.2. The van der Waals surface area contributed by atoms with Crippen molar-refractivity contribution >= 4 is 17.0 Å². The molecule has 3 nitrogen and oxygen atoms in total. The Morgan fingerprint density at radius 3 is 2.69 bits per heavy atom. The van der Waals surface area contributed by atoms with Gasteiger partial charge in [-0.1, -0.05) is 0 Å². The number of benzene rings is 1. The van der Waals surface area contributed by atoms with E-state index in [0.29, 0.717) is 5.56 Å². The maximum atomic E-state index is 8.70. The number of anilines is 1. The highest BCUT2D eigenvalue weighted by Crippen LogP contribution is 2.16. The summed E-state index contributed by atoms with van der Waals surface area (Å²) in [6.07, 6.45) is 1.81. The third kappa shape index (κ3) is 2.38. The molecule has 1 aromatic carbocycles. The van der Waals surface area contributed by atoms with Crippen LogP contribution in [0.25, 0.3) is 0 Å². The van der Waals surface area contributed by atoms with Crippen LogP contribution in [0, 0.1) is 11.3 Å². The molecule has 80 valence electrons. The van der Waals surface area contributed by atoms with Crippen molar-refractivity contribution in [2.75, 3.05) is 11.9 Å². The van der Waals surface area contributed by atoms with E-state index >= 15 is 0 Å². The molecule has 0 fully saturated rings. The Balaban J connectivity index is 2.09. The SMILES string of the molecule is CN(Cc1nccs1)c1ccc(C#N)cc1. The second-order valence-corrected chi connectivity index (χ2v) is 4.42. The van der Waals surface area contributed by atoms with Crippen molar-refractivity contribution in [1.82, 2.24) is 4.98 Å². The van der Waals surface area contributed by atoms with E-state index in [9.17, 15) is 0 Å². The monoisotopic (exact) mass is 229 g/mol. The minimum Gasteiger partial charge on any atom is -0.368 e. The number of nitriles is 1. The van der Waals surface area contributed by atoms with E-state index in [1.165, 1.54) is 0 Å². The second kappa shape index (κ2) is 4.77. The van der Waals surface area contributed by atoms with Gasteiger partial charge in [0, 0.05) is 24.3 Å². The number of aromatic nitrogens is 1. The van der Waals surface area contributed by atoms with Gasteiger partial charge in [0.2, 0.25) is 0 Å². The fourth-order valence-electron chi connectivity index (χ4n) is 1.42. The van der Waals surface area contributed by atoms with Crippen molar-refractivity contribution in [1.29, 1.82) is 5.26 Å². The molecule has 1 heterocycles. The molecule has 0 spiro atoms. The summed E-state index contributed by atoms with van der Waals surface area (Å²) in [6.45, 7) is 0.795. The molecule has 4 heteroatoms. The van der Waals surface area contributed by atoms with Crippen molar-refractivity contribution in [3.05, 3.63) is 46.4 Å². The summed E-state index contributed by atoms with van der Waals surface area (Å²) in [5, 5.41) is 11.8. The summed E-state index contributed by atoms with van der Waals surface area (Å²) in [5.74, 6) is 0. The van der Waals surface area contributed by atoms with Gasteiger partial charge in [0.15, 0.2) is 0 Å². The lowest BCUT2D eigenvalue weighted by Crippen LogP contribution is -2.15. The molecule has 0 saturated heterocycles. The molecule has 0 saturated carbocycles. The van der Waals surface area contributed by atoms with Gasteiger partial charge in [-0.25, -0.2) is 4.98 Å². The zero-order chi connectivity index (χ0) is 11.4. The third-order valence-corrected chi connectivity index (χ3v) is 3.06. The first kappa shape index (κ1) is 10.7. The molecule has 0 aliphatic rings. The summed E-state index contributed by atoms with van der Waals surface area (Å²) >= 11 is 1.65. The molecular weight excluding hydrogens is 218 g/mol. The molecule has 0 aliphatic carbocycles. The van der Waals surface area contributed by atoms with Gasteiger partial charge in [-0.3, -0.25) is 0 Å². The van der Waals surface area contributed by atoms with Crippen molar-refractivity contribution in [3.8, 4) is 6.07 Å². The maximum absolute atomic E-state index is 8.70. The van der Waals surface area contributed by atoms with Gasteiger partial charge in [0.1, 0.15) is 5.01 Å². The van der Waals surface area contributed by atoms with Gasteiger partial charge >= 0.3 is 0 Å². The van der Waals surface area contributed by atoms with E-state index in [2.05, 4.69) is 16.0 Å². The number of nitrogens with zero attached hydrogens (tertiary/aromatic N) is 3. The van der Waals surface area contributed by atoms with Crippen LogP contribution in [-0.2, 0) is 6.54 Å². The van der Waals surface area contributed by atoms with Gasteiger partial charge < -0.3 is 4.90 Å². The lowest BCUT2D eigenvalue weighted by Gasteiger charge is -2.17. The predicted molar refractivity (Wildman–Crippen MR) is 65.4 cm³/mol. The minimum absolute atomic E-state index is 0.686. The number of rotatable bonds is 3. The van der Waals surface area contributed by atoms with Crippen molar-refractivity contribution in [3.63, 3.8) is 0 Å². The molecule has 0 N–H and O–H groups in total. The highest BCUT2D eigenvalue weighted by atomic mass is 32.1. The first-order valence-corrected chi connectivity index (χ1v) is 5.77. The molecule has 0 bridgehead atoms. The van der Waals surface area contributed by atoms with Crippen LogP contribution in [0.5, 0.6) is 0 Å². The first-order valence-electron chi connectivity index (χ1n) is 4.89. The molecule has 1 aromatic heterocycles. The van der Waals surface area contributed by atoms with Crippen LogP contribution in [0.4, 0.5) is 5.69 Å². The van der Waals surface area contributed by atoms with Crippen LogP contribution in [0.3, 0.4) is 0 Å². The summed E-state index contributed by atoms with van der Waals surface area (Å²) in [6, 6.07) is 9.67. The highest BCUT2D eigenvalue weighted by molar-refractivity contribution is 7.09. The van der Waals surface area contributed by atoms with E-state index in [-0.39, 0.29) is 0 Å². The van der Waals surface area contributed by atoms with Gasteiger partial charge in [0.05, 0.1) is 18.2 Å². The Labute approximate surface area is 98.6 Å².